The minimum absolute atomic E-state index is 0.510. The van der Waals surface area contributed by atoms with E-state index in [1.54, 1.807) is 7.11 Å². The van der Waals surface area contributed by atoms with Gasteiger partial charge in [-0.1, -0.05) is 6.92 Å². The number of nitrogens with two attached hydrogens (primary N) is 1. The number of aryl methyl sites for hydroxylation is 1. The van der Waals surface area contributed by atoms with Crippen molar-refractivity contribution in [2.45, 2.75) is 13.3 Å². The van der Waals surface area contributed by atoms with E-state index in [0.29, 0.717) is 5.82 Å². The first-order valence-electron chi connectivity index (χ1n) is 4.84. The molecule has 0 saturated heterocycles. The fourth-order valence-corrected chi connectivity index (χ4v) is 1.47. The zero-order chi connectivity index (χ0) is 10.8. The highest BCUT2D eigenvalue weighted by molar-refractivity contribution is 5.89. The minimum Gasteiger partial charge on any atom is -0.497 e. The Bertz CT molecular complexity index is 496. The van der Waals surface area contributed by atoms with Crippen LogP contribution in [0.15, 0.2) is 18.2 Å². The number of rotatable bonds is 2. The molecule has 0 fully saturated rings. The molecule has 1 aromatic carbocycles. The van der Waals surface area contributed by atoms with Crippen molar-refractivity contribution in [1.29, 1.82) is 0 Å². The Kier molecular flexibility index (Phi) is 2.41. The van der Waals surface area contributed by atoms with Gasteiger partial charge < -0.3 is 10.5 Å². The van der Waals surface area contributed by atoms with Crippen LogP contribution < -0.4 is 10.5 Å². The summed E-state index contributed by atoms with van der Waals surface area (Å²) >= 11 is 0. The first-order chi connectivity index (χ1) is 7.24. The fourth-order valence-electron chi connectivity index (χ4n) is 1.47. The first kappa shape index (κ1) is 9.71. The molecule has 4 heteroatoms. The third-order valence-electron chi connectivity index (χ3n) is 2.29. The highest BCUT2D eigenvalue weighted by Gasteiger charge is 2.04. The molecule has 0 bridgehead atoms. The average Bonchev–Trinajstić information content (AvgIpc) is 2.28. The third kappa shape index (κ3) is 1.70. The summed E-state index contributed by atoms with van der Waals surface area (Å²) in [5.74, 6) is 2.04. The molecule has 0 aliphatic heterocycles. The van der Waals surface area contributed by atoms with Crippen LogP contribution in [0.3, 0.4) is 0 Å². The van der Waals surface area contributed by atoms with E-state index in [1.165, 1.54) is 0 Å². The number of hydrogen-bond acceptors (Lipinski definition) is 4. The Morgan fingerprint density at radius 2 is 2.13 bits per heavy atom. The van der Waals surface area contributed by atoms with Gasteiger partial charge in [0, 0.05) is 11.8 Å². The molecule has 78 valence electrons. The maximum absolute atomic E-state index is 5.85. The van der Waals surface area contributed by atoms with Crippen molar-refractivity contribution >= 4 is 16.7 Å². The van der Waals surface area contributed by atoms with E-state index in [1.807, 2.05) is 25.1 Å². The van der Waals surface area contributed by atoms with Gasteiger partial charge in [-0.2, -0.15) is 0 Å². The van der Waals surface area contributed by atoms with Crippen LogP contribution in [0.25, 0.3) is 10.9 Å². The molecule has 2 N–H and O–H groups in total. The number of hydrogen-bond donors (Lipinski definition) is 1. The van der Waals surface area contributed by atoms with Crippen molar-refractivity contribution in [1.82, 2.24) is 9.97 Å². The van der Waals surface area contributed by atoms with Crippen LogP contribution in [-0.4, -0.2) is 17.1 Å². The number of benzene rings is 1. The van der Waals surface area contributed by atoms with Gasteiger partial charge in [0.25, 0.3) is 0 Å². The van der Waals surface area contributed by atoms with Gasteiger partial charge in [0.1, 0.15) is 17.4 Å². The zero-order valence-electron chi connectivity index (χ0n) is 8.82. The molecule has 15 heavy (non-hydrogen) atoms. The molecule has 2 rings (SSSR count). The number of nitrogens with zero attached hydrogens (tertiary/aromatic N) is 2. The molecule has 1 aromatic heterocycles. The summed E-state index contributed by atoms with van der Waals surface area (Å²) in [6.45, 7) is 2.00. The van der Waals surface area contributed by atoms with Crippen LogP contribution in [0.4, 0.5) is 5.82 Å². The number of anilines is 1. The lowest BCUT2D eigenvalue weighted by Gasteiger charge is -2.05. The predicted molar refractivity (Wildman–Crippen MR) is 59.9 cm³/mol. The molecule has 0 saturated carbocycles. The van der Waals surface area contributed by atoms with E-state index in [2.05, 4.69) is 9.97 Å². The van der Waals surface area contributed by atoms with Crippen molar-refractivity contribution < 1.29 is 4.74 Å². The topological polar surface area (TPSA) is 61.0 Å². The largest absolute Gasteiger partial charge is 0.497 e. The maximum Gasteiger partial charge on any atom is 0.135 e. The number of aromatic nitrogens is 2. The number of nitrogen functional groups attached to an aromatic ring is 1. The molecular weight excluding hydrogens is 190 g/mol. The molecular formula is C11H13N3O. The van der Waals surface area contributed by atoms with Crippen LogP contribution in [0, 0.1) is 0 Å². The van der Waals surface area contributed by atoms with Gasteiger partial charge in [0.2, 0.25) is 0 Å². The Morgan fingerprint density at radius 3 is 2.80 bits per heavy atom. The third-order valence-corrected chi connectivity index (χ3v) is 2.29. The summed E-state index contributed by atoms with van der Waals surface area (Å²) in [5, 5.41) is 0.839. The van der Waals surface area contributed by atoms with Gasteiger partial charge in [0.05, 0.1) is 12.6 Å². The molecule has 0 aliphatic rings. The summed E-state index contributed by atoms with van der Waals surface area (Å²) in [6.07, 6.45) is 0.784. The average molecular weight is 203 g/mol. The van der Waals surface area contributed by atoms with Crippen LogP contribution in [0.5, 0.6) is 5.75 Å². The number of fused-ring (bicyclic) bond motifs is 1. The molecule has 1 heterocycles. The van der Waals surface area contributed by atoms with E-state index in [9.17, 15) is 0 Å². The number of ether oxygens (including phenoxy) is 1. The normalized spacial score (nSPS) is 10.5. The molecule has 0 radical (unpaired) electrons. The van der Waals surface area contributed by atoms with Crippen LogP contribution in [0.2, 0.25) is 0 Å². The first-order valence-corrected chi connectivity index (χ1v) is 4.84. The Hall–Kier alpha value is -1.84. The standard InChI is InChI=1S/C11H13N3O/c1-3-10-13-9-5-4-7(15-2)6-8(9)11(12)14-10/h4-6H,3H2,1-2H3,(H2,12,13,14). The van der Waals surface area contributed by atoms with Gasteiger partial charge in [-0.3, -0.25) is 0 Å². The summed E-state index contributed by atoms with van der Waals surface area (Å²) in [7, 11) is 1.62. The Balaban J connectivity index is 2.68. The molecule has 0 amide bonds. The Morgan fingerprint density at radius 1 is 1.33 bits per heavy atom. The minimum atomic E-state index is 0.510. The van der Waals surface area contributed by atoms with Crippen LogP contribution in [-0.2, 0) is 6.42 Å². The highest BCUT2D eigenvalue weighted by Crippen LogP contribution is 2.23. The summed E-state index contributed by atoms with van der Waals surface area (Å²) in [6, 6.07) is 5.61. The molecule has 2 aromatic rings. The van der Waals surface area contributed by atoms with Gasteiger partial charge in [-0.05, 0) is 18.2 Å². The van der Waals surface area contributed by atoms with Crippen molar-refractivity contribution in [3.63, 3.8) is 0 Å². The number of methoxy groups -OCH3 is 1. The van der Waals surface area contributed by atoms with Gasteiger partial charge in [-0.25, -0.2) is 9.97 Å². The van der Waals surface area contributed by atoms with E-state index >= 15 is 0 Å². The SMILES string of the molecule is CCc1nc(N)c2cc(OC)ccc2n1. The lowest BCUT2D eigenvalue weighted by Crippen LogP contribution is -2.00. The quantitative estimate of drug-likeness (QED) is 0.808. The van der Waals surface area contributed by atoms with E-state index in [0.717, 1.165) is 28.9 Å². The van der Waals surface area contributed by atoms with E-state index < -0.39 is 0 Å². The summed E-state index contributed by atoms with van der Waals surface area (Å²) in [4.78, 5) is 8.59. The second-order valence-corrected chi connectivity index (χ2v) is 3.26. The molecule has 0 aliphatic carbocycles. The Labute approximate surface area is 88.1 Å². The lowest BCUT2D eigenvalue weighted by molar-refractivity contribution is 0.415. The summed E-state index contributed by atoms with van der Waals surface area (Å²) in [5.41, 5.74) is 6.71. The second-order valence-electron chi connectivity index (χ2n) is 3.26. The summed E-state index contributed by atoms with van der Waals surface area (Å²) < 4.78 is 5.12. The second kappa shape index (κ2) is 3.73. The van der Waals surface area contributed by atoms with Gasteiger partial charge in [-0.15, -0.1) is 0 Å². The maximum atomic E-state index is 5.85. The van der Waals surface area contributed by atoms with Crippen molar-refractivity contribution in [2.75, 3.05) is 12.8 Å². The smallest absolute Gasteiger partial charge is 0.135 e. The molecule has 0 spiro atoms. The van der Waals surface area contributed by atoms with Crippen molar-refractivity contribution in [2.24, 2.45) is 0 Å². The van der Waals surface area contributed by atoms with Gasteiger partial charge in [0.15, 0.2) is 0 Å². The van der Waals surface area contributed by atoms with Crippen molar-refractivity contribution in [3.05, 3.63) is 24.0 Å². The van der Waals surface area contributed by atoms with Crippen LogP contribution in [0.1, 0.15) is 12.7 Å². The van der Waals surface area contributed by atoms with Gasteiger partial charge >= 0.3 is 0 Å². The molecule has 0 unspecified atom stereocenters. The van der Waals surface area contributed by atoms with E-state index in [-0.39, 0.29) is 0 Å². The lowest BCUT2D eigenvalue weighted by atomic mass is 10.2. The molecule has 0 atom stereocenters. The van der Waals surface area contributed by atoms with Crippen LogP contribution >= 0.6 is 0 Å². The van der Waals surface area contributed by atoms with E-state index in [4.69, 9.17) is 10.5 Å². The molecule has 4 nitrogen and oxygen atoms in total. The monoisotopic (exact) mass is 203 g/mol. The zero-order valence-corrected chi connectivity index (χ0v) is 8.82. The fraction of sp³-hybridized carbons (Fsp3) is 0.273. The highest BCUT2D eigenvalue weighted by atomic mass is 16.5. The predicted octanol–water partition coefficient (Wildman–Crippen LogP) is 1.78. The van der Waals surface area contributed by atoms with Crippen molar-refractivity contribution in [3.8, 4) is 5.75 Å².